The molecule has 122 valence electrons. The summed E-state index contributed by atoms with van der Waals surface area (Å²) in [5.74, 6) is -2.28. The molecule has 0 radical (unpaired) electrons. The lowest BCUT2D eigenvalue weighted by atomic mass is 9.96. The molecule has 0 aliphatic carbocycles. The van der Waals surface area contributed by atoms with Crippen molar-refractivity contribution in [2.24, 2.45) is 0 Å². The summed E-state index contributed by atoms with van der Waals surface area (Å²) in [5.41, 5.74) is 4.95. The Morgan fingerprint density at radius 2 is 1.91 bits per heavy atom. The Hall–Kier alpha value is -1.96. The van der Waals surface area contributed by atoms with Crippen molar-refractivity contribution in [1.82, 2.24) is 15.8 Å². The molecule has 1 aromatic heterocycles. The lowest BCUT2D eigenvalue weighted by Gasteiger charge is -2.16. The van der Waals surface area contributed by atoms with Crippen molar-refractivity contribution >= 4 is 33.7 Å². The summed E-state index contributed by atoms with van der Waals surface area (Å²) in [6.45, 7) is 5.26. The van der Waals surface area contributed by atoms with Crippen LogP contribution in [0.3, 0.4) is 0 Å². The lowest BCUT2D eigenvalue weighted by molar-refractivity contribution is -0.143. The maximum atomic E-state index is 12.0. The fraction of sp³-hybridized carbons (Fsp3) is 0.429. The number of aromatic nitrogens is 1. The van der Waals surface area contributed by atoms with Crippen LogP contribution >= 0.6 is 15.9 Å². The molecule has 0 fully saturated rings. The Bertz CT molecular complexity index is 523. The second kappa shape index (κ2) is 10.7. The van der Waals surface area contributed by atoms with Gasteiger partial charge in [0.15, 0.2) is 0 Å². The van der Waals surface area contributed by atoms with E-state index in [1.807, 2.05) is 13.8 Å². The molecule has 0 bridgehead atoms. The molecular formula is C14H20BrN3O4. The van der Waals surface area contributed by atoms with Gasteiger partial charge in [0.1, 0.15) is 0 Å². The zero-order chi connectivity index (χ0) is 17.1. The van der Waals surface area contributed by atoms with E-state index in [0.29, 0.717) is 10.0 Å². The Balaban J connectivity index is 0.00000211. The second-order valence-corrected chi connectivity index (χ2v) is 4.86. The van der Waals surface area contributed by atoms with E-state index in [2.05, 4.69) is 36.5 Å². The molecule has 8 heteroatoms. The van der Waals surface area contributed by atoms with Gasteiger partial charge in [-0.3, -0.25) is 30.2 Å². The van der Waals surface area contributed by atoms with Gasteiger partial charge < -0.3 is 4.74 Å². The second-order valence-electron chi connectivity index (χ2n) is 3.94. The first-order valence-electron chi connectivity index (χ1n) is 6.67. The van der Waals surface area contributed by atoms with Gasteiger partial charge in [-0.2, -0.15) is 0 Å². The van der Waals surface area contributed by atoms with E-state index >= 15 is 0 Å². The van der Waals surface area contributed by atoms with Crippen LogP contribution in [0.25, 0.3) is 0 Å². The molecule has 1 unspecified atom stereocenters. The Kier molecular flexibility index (Phi) is 9.77. The van der Waals surface area contributed by atoms with Crippen LogP contribution in [0.15, 0.2) is 22.9 Å². The minimum absolute atomic E-state index is 0.153. The molecule has 1 aromatic rings. The number of hydrazine groups is 1. The maximum Gasteiger partial charge on any atom is 0.306 e. The van der Waals surface area contributed by atoms with E-state index in [1.54, 1.807) is 12.3 Å². The Morgan fingerprint density at radius 3 is 2.41 bits per heavy atom. The average molecular weight is 374 g/mol. The van der Waals surface area contributed by atoms with Crippen LogP contribution in [0.1, 0.15) is 38.7 Å². The highest BCUT2D eigenvalue weighted by Crippen LogP contribution is 2.22. The predicted octanol–water partition coefficient (Wildman–Crippen LogP) is 1.68. The minimum atomic E-state index is -0.806. The molecule has 2 N–H and O–H groups in total. The highest BCUT2D eigenvalue weighted by molar-refractivity contribution is 9.10. The zero-order valence-corrected chi connectivity index (χ0v) is 14.6. The molecule has 1 heterocycles. The van der Waals surface area contributed by atoms with Crippen molar-refractivity contribution in [2.45, 2.75) is 33.1 Å². The third-order valence-electron chi connectivity index (χ3n) is 2.41. The largest absolute Gasteiger partial charge is 0.469 e. The quantitative estimate of drug-likeness (QED) is 0.618. The first kappa shape index (κ1) is 20.0. The first-order chi connectivity index (χ1) is 10.4. The summed E-state index contributed by atoms with van der Waals surface area (Å²) in [7, 11) is 1.24. The third kappa shape index (κ3) is 7.16. The number of hydrogen-bond donors (Lipinski definition) is 2. The van der Waals surface area contributed by atoms with E-state index < -0.39 is 23.7 Å². The summed E-state index contributed by atoms with van der Waals surface area (Å²) in [6.07, 6.45) is 2.89. The van der Waals surface area contributed by atoms with Gasteiger partial charge in [-0.15, -0.1) is 0 Å². The number of carbonyl (C=O) groups excluding carboxylic acids is 3. The molecule has 0 aliphatic heterocycles. The van der Waals surface area contributed by atoms with Crippen LogP contribution in [0.4, 0.5) is 0 Å². The van der Waals surface area contributed by atoms with Crippen LogP contribution in [0.5, 0.6) is 0 Å². The molecule has 1 atom stereocenters. The van der Waals surface area contributed by atoms with Crippen molar-refractivity contribution in [3.63, 3.8) is 0 Å². The van der Waals surface area contributed by atoms with E-state index in [1.165, 1.54) is 20.2 Å². The maximum absolute atomic E-state index is 12.0. The van der Waals surface area contributed by atoms with E-state index in [-0.39, 0.29) is 6.42 Å². The van der Waals surface area contributed by atoms with Crippen molar-refractivity contribution in [3.8, 4) is 0 Å². The van der Waals surface area contributed by atoms with Crippen molar-refractivity contribution < 1.29 is 19.1 Å². The SMILES string of the molecule is CC.COC(=O)CC(C(=O)NNC(C)=O)c1cncc(Br)c1. The van der Waals surface area contributed by atoms with Gasteiger partial charge in [-0.1, -0.05) is 13.8 Å². The monoisotopic (exact) mass is 373 g/mol. The number of nitrogens with zero attached hydrogens (tertiary/aromatic N) is 1. The van der Waals surface area contributed by atoms with Crippen LogP contribution in [0, 0.1) is 0 Å². The van der Waals surface area contributed by atoms with Gasteiger partial charge in [-0.05, 0) is 27.6 Å². The molecule has 7 nitrogen and oxygen atoms in total. The molecule has 0 aromatic carbocycles. The van der Waals surface area contributed by atoms with Gasteiger partial charge >= 0.3 is 5.97 Å². The Labute approximate surface area is 137 Å². The number of esters is 1. The average Bonchev–Trinajstić information content (AvgIpc) is 2.51. The van der Waals surface area contributed by atoms with Crippen LogP contribution in [-0.2, 0) is 19.1 Å². The first-order valence-corrected chi connectivity index (χ1v) is 7.47. The van der Waals surface area contributed by atoms with Gasteiger partial charge in [-0.25, -0.2) is 0 Å². The van der Waals surface area contributed by atoms with Crippen LogP contribution < -0.4 is 10.9 Å². The van der Waals surface area contributed by atoms with Crippen molar-refractivity contribution in [3.05, 3.63) is 28.5 Å². The molecule has 0 saturated carbocycles. The van der Waals surface area contributed by atoms with Gasteiger partial charge in [0, 0.05) is 23.8 Å². The number of carbonyl (C=O) groups is 3. The fourth-order valence-corrected chi connectivity index (χ4v) is 1.85. The van der Waals surface area contributed by atoms with Crippen LogP contribution in [0.2, 0.25) is 0 Å². The van der Waals surface area contributed by atoms with Gasteiger partial charge in [0.25, 0.3) is 0 Å². The molecule has 0 spiro atoms. The van der Waals surface area contributed by atoms with E-state index in [0.717, 1.165) is 0 Å². The van der Waals surface area contributed by atoms with E-state index in [9.17, 15) is 14.4 Å². The molecule has 0 aliphatic rings. The van der Waals surface area contributed by atoms with Crippen LogP contribution in [-0.4, -0.2) is 29.9 Å². The van der Waals surface area contributed by atoms with Crippen molar-refractivity contribution in [2.75, 3.05) is 7.11 Å². The summed E-state index contributed by atoms with van der Waals surface area (Å²) in [6, 6.07) is 1.67. The smallest absolute Gasteiger partial charge is 0.306 e. The fourth-order valence-electron chi connectivity index (χ4n) is 1.47. The number of hydrogen-bond acceptors (Lipinski definition) is 5. The lowest BCUT2D eigenvalue weighted by Crippen LogP contribution is -2.43. The molecule has 22 heavy (non-hydrogen) atoms. The molecule has 0 saturated heterocycles. The summed E-state index contributed by atoms with van der Waals surface area (Å²) < 4.78 is 5.25. The number of halogens is 1. The minimum Gasteiger partial charge on any atom is -0.469 e. The summed E-state index contributed by atoms with van der Waals surface area (Å²) >= 11 is 3.24. The zero-order valence-electron chi connectivity index (χ0n) is 13.0. The molecule has 1 rings (SSSR count). The van der Waals surface area contributed by atoms with E-state index in [4.69, 9.17) is 0 Å². The number of ether oxygens (including phenoxy) is 1. The Morgan fingerprint density at radius 1 is 1.27 bits per heavy atom. The highest BCUT2D eigenvalue weighted by Gasteiger charge is 2.25. The highest BCUT2D eigenvalue weighted by atomic mass is 79.9. The van der Waals surface area contributed by atoms with Gasteiger partial charge in [0.05, 0.1) is 19.4 Å². The normalized spacial score (nSPS) is 10.6. The third-order valence-corrected chi connectivity index (χ3v) is 2.84. The topological polar surface area (TPSA) is 97.4 Å². The predicted molar refractivity (Wildman–Crippen MR) is 84.6 cm³/mol. The number of amides is 2. The standard InChI is InChI=1S/C12H14BrN3O4.C2H6/c1-7(17)15-16-12(19)10(4-11(18)20-2)8-3-9(13)6-14-5-8;1-2/h3,5-6,10H,4H2,1-2H3,(H,15,17)(H,16,19);1-2H3. The number of nitrogens with one attached hydrogen (secondary N) is 2. The number of methoxy groups -OCH3 is 1. The summed E-state index contributed by atoms with van der Waals surface area (Å²) in [5, 5.41) is 0. The molecule has 2 amide bonds. The van der Waals surface area contributed by atoms with Gasteiger partial charge in [0.2, 0.25) is 11.8 Å². The van der Waals surface area contributed by atoms with Crippen molar-refractivity contribution in [1.29, 1.82) is 0 Å². The number of rotatable bonds is 4. The molecular weight excluding hydrogens is 354 g/mol. The number of pyridine rings is 1. The summed E-state index contributed by atoms with van der Waals surface area (Å²) in [4.78, 5) is 38.2.